The first-order valence-electron chi connectivity index (χ1n) is 8.50. The van der Waals surface area contributed by atoms with Gasteiger partial charge in [0.25, 0.3) is 0 Å². The Bertz CT molecular complexity index is 832. The summed E-state index contributed by atoms with van der Waals surface area (Å²) in [6.07, 6.45) is 2.68. The van der Waals surface area contributed by atoms with Gasteiger partial charge in [0.2, 0.25) is 0 Å². The van der Waals surface area contributed by atoms with E-state index in [1.165, 1.54) is 21.7 Å². The van der Waals surface area contributed by atoms with E-state index < -0.39 is 0 Å². The molecule has 0 spiro atoms. The molecule has 3 aromatic rings. The van der Waals surface area contributed by atoms with Gasteiger partial charge in [-0.25, -0.2) is 4.98 Å². The third-order valence-electron chi connectivity index (χ3n) is 4.65. The van der Waals surface area contributed by atoms with Crippen molar-refractivity contribution < 1.29 is 4.74 Å². The largest absolute Gasteiger partial charge is 0.373 e. The van der Waals surface area contributed by atoms with Crippen molar-refractivity contribution in [3.8, 4) is 0 Å². The molecular weight excluding hydrogens is 318 g/mol. The fourth-order valence-corrected chi connectivity index (χ4v) is 4.53. The Morgan fingerprint density at radius 1 is 1.25 bits per heavy atom. The highest BCUT2D eigenvalue weighted by Gasteiger charge is 2.19. The molecule has 126 valence electrons. The summed E-state index contributed by atoms with van der Waals surface area (Å²) in [5.74, 6) is 1.11. The van der Waals surface area contributed by atoms with Crippen molar-refractivity contribution >= 4 is 22.4 Å². The molecule has 1 aromatic carbocycles. The molecule has 5 heteroatoms. The number of hydrogen-bond donors (Lipinski definition) is 0. The van der Waals surface area contributed by atoms with E-state index in [2.05, 4.69) is 53.9 Å². The number of hydrogen-bond acceptors (Lipinski definition) is 4. The van der Waals surface area contributed by atoms with Crippen LogP contribution in [0.2, 0.25) is 0 Å². The zero-order valence-corrected chi connectivity index (χ0v) is 15.1. The molecule has 0 aliphatic carbocycles. The van der Waals surface area contributed by atoms with Crippen LogP contribution < -0.4 is 0 Å². The lowest BCUT2D eigenvalue weighted by molar-refractivity contribution is 0.114. The van der Waals surface area contributed by atoms with Crippen LogP contribution in [0.25, 0.3) is 11.0 Å². The average molecular weight is 341 g/mol. The second kappa shape index (κ2) is 6.67. The van der Waals surface area contributed by atoms with Crippen molar-refractivity contribution in [3.05, 3.63) is 52.0 Å². The van der Waals surface area contributed by atoms with Crippen molar-refractivity contribution in [1.29, 1.82) is 0 Å². The number of thiophene rings is 1. The fourth-order valence-electron chi connectivity index (χ4n) is 3.35. The van der Waals surface area contributed by atoms with Crippen LogP contribution in [0.5, 0.6) is 0 Å². The highest BCUT2D eigenvalue weighted by molar-refractivity contribution is 7.12. The van der Waals surface area contributed by atoms with Crippen LogP contribution in [0.3, 0.4) is 0 Å². The second-order valence-electron chi connectivity index (χ2n) is 6.55. The highest BCUT2D eigenvalue weighted by Crippen LogP contribution is 2.33. The molecule has 4 nitrogen and oxygen atoms in total. The molecule has 1 fully saturated rings. The van der Waals surface area contributed by atoms with Crippen LogP contribution in [0, 0.1) is 0 Å². The summed E-state index contributed by atoms with van der Waals surface area (Å²) >= 11 is 1.88. The number of imidazole rings is 1. The van der Waals surface area contributed by atoms with Crippen LogP contribution in [0.15, 0.2) is 36.4 Å². The maximum atomic E-state index is 5.79. The van der Waals surface area contributed by atoms with Crippen LogP contribution in [0.1, 0.15) is 34.5 Å². The lowest BCUT2D eigenvalue weighted by Gasteiger charge is -2.15. The maximum absolute atomic E-state index is 5.79. The molecule has 1 aliphatic heterocycles. The molecule has 4 rings (SSSR count). The molecule has 24 heavy (non-hydrogen) atoms. The lowest BCUT2D eigenvalue weighted by Crippen LogP contribution is -2.19. The number of nitrogens with zero attached hydrogens (tertiary/aromatic N) is 3. The van der Waals surface area contributed by atoms with Crippen molar-refractivity contribution in [2.75, 3.05) is 13.7 Å². The standard InChI is InChI=1S/C19H23N3OS/c1-21(12-14-9-10-18(24-14)17-8-5-11-23-17)13-19-20-15-6-3-4-7-16(15)22(19)2/h3-4,6-7,9-10,17H,5,8,11-13H2,1-2H3/t17-/m0/s1. The van der Waals surface area contributed by atoms with Gasteiger partial charge in [-0.05, 0) is 44.2 Å². The number of rotatable bonds is 5. The predicted octanol–water partition coefficient (Wildman–Crippen LogP) is 4.12. The smallest absolute Gasteiger partial charge is 0.123 e. The minimum absolute atomic E-state index is 0.328. The van der Waals surface area contributed by atoms with E-state index >= 15 is 0 Å². The van der Waals surface area contributed by atoms with Gasteiger partial charge in [0.1, 0.15) is 5.82 Å². The monoisotopic (exact) mass is 341 g/mol. The molecule has 0 radical (unpaired) electrons. The molecule has 0 saturated carbocycles. The van der Waals surface area contributed by atoms with Crippen LogP contribution in [0.4, 0.5) is 0 Å². The van der Waals surface area contributed by atoms with Gasteiger partial charge in [0, 0.05) is 30.0 Å². The van der Waals surface area contributed by atoms with E-state index in [0.717, 1.165) is 37.5 Å². The number of fused-ring (bicyclic) bond motifs is 1. The van der Waals surface area contributed by atoms with E-state index in [4.69, 9.17) is 9.72 Å². The average Bonchev–Trinajstić information content (AvgIpc) is 3.29. The van der Waals surface area contributed by atoms with E-state index in [1.807, 2.05) is 17.4 Å². The van der Waals surface area contributed by atoms with E-state index in [1.54, 1.807) is 0 Å². The minimum atomic E-state index is 0.328. The van der Waals surface area contributed by atoms with E-state index in [0.29, 0.717) is 6.10 Å². The third kappa shape index (κ3) is 3.11. The number of aromatic nitrogens is 2. The summed E-state index contributed by atoms with van der Waals surface area (Å²) in [6.45, 7) is 2.70. The van der Waals surface area contributed by atoms with Gasteiger partial charge in [0.15, 0.2) is 0 Å². The Morgan fingerprint density at radius 2 is 2.12 bits per heavy atom. The van der Waals surface area contributed by atoms with Crippen LogP contribution in [-0.2, 0) is 24.9 Å². The molecule has 1 aliphatic rings. The number of ether oxygens (including phenoxy) is 1. The van der Waals surface area contributed by atoms with E-state index in [9.17, 15) is 0 Å². The van der Waals surface area contributed by atoms with Crippen molar-refractivity contribution in [2.24, 2.45) is 7.05 Å². The first kappa shape index (κ1) is 15.8. The molecular formula is C19H23N3OS. The molecule has 0 N–H and O–H groups in total. The summed E-state index contributed by atoms with van der Waals surface area (Å²) in [5.41, 5.74) is 2.26. The zero-order valence-electron chi connectivity index (χ0n) is 14.2. The van der Waals surface area contributed by atoms with Gasteiger partial charge in [-0.1, -0.05) is 12.1 Å². The molecule has 3 heterocycles. The van der Waals surface area contributed by atoms with Crippen molar-refractivity contribution in [2.45, 2.75) is 32.0 Å². The van der Waals surface area contributed by atoms with Crippen LogP contribution >= 0.6 is 11.3 Å². The topological polar surface area (TPSA) is 30.3 Å². The summed E-state index contributed by atoms with van der Waals surface area (Å²) in [4.78, 5) is 9.86. The van der Waals surface area contributed by atoms with Gasteiger partial charge < -0.3 is 9.30 Å². The quantitative estimate of drug-likeness (QED) is 0.699. The van der Waals surface area contributed by atoms with E-state index in [-0.39, 0.29) is 0 Å². The van der Waals surface area contributed by atoms with Crippen LogP contribution in [-0.4, -0.2) is 28.1 Å². The maximum Gasteiger partial charge on any atom is 0.123 e. The van der Waals surface area contributed by atoms with Gasteiger partial charge in [-0.2, -0.15) is 0 Å². The summed E-state index contributed by atoms with van der Waals surface area (Å²) in [5, 5.41) is 0. The van der Waals surface area contributed by atoms with Gasteiger partial charge in [-0.15, -0.1) is 11.3 Å². The van der Waals surface area contributed by atoms with Gasteiger partial charge >= 0.3 is 0 Å². The number of para-hydroxylation sites is 2. The SMILES string of the molecule is CN(Cc1ccc([C@@H]2CCCO2)s1)Cc1nc2ccccc2n1C. The Balaban J connectivity index is 1.44. The molecule has 1 atom stereocenters. The van der Waals surface area contributed by atoms with Gasteiger partial charge in [0.05, 0.1) is 23.7 Å². The number of aryl methyl sites for hydroxylation is 1. The highest BCUT2D eigenvalue weighted by atomic mass is 32.1. The zero-order chi connectivity index (χ0) is 16.5. The lowest BCUT2D eigenvalue weighted by atomic mass is 10.2. The molecule has 0 unspecified atom stereocenters. The summed E-state index contributed by atoms with van der Waals surface area (Å²) < 4.78 is 7.98. The Morgan fingerprint density at radius 3 is 2.92 bits per heavy atom. The fraction of sp³-hybridized carbons (Fsp3) is 0.421. The first-order valence-corrected chi connectivity index (χ1v) is 9.31. The van der Waals surface area contributed by atoms with Gasteiger partial charge in [-0.3, -0.25) is 4.90 Å². The molecule has 2 aromatic heterocycles. The number of benzene rings is 1. The second-order valence-corrected chi connectivity index (χ2v) is 7.75. The Kier molecular flexibility index (Phi) is 4.39. The Hall–Kier alpha value is -1.69. The molecule has 0 bridgehead atoms. The molecule has 0 amide bonds. The third-order valence-corrected chi connectivity index (χ3v) is 5.81. The molecule has 1 saturated heterocycles. The summed E-state index contributed by atoms with van der Waals surface area (Å²) in [7, 11) is 4.25. The van der Waals surface area contributed by atoms with Crippen molar-refractivity contribution in [3.63, 3.8) is 0 Å². The predicted molar refractivity (Wildman–Crippen MR) is 98.1 cm³/mol. The minimum Gasteiger partial charge on any atom is -0.373 e. The summed E-state index contributed by atoms with van der Waals surface area (Å²) in [6, 6.07) is 12.8. The first-order chi connectivity index (χ1) is 11.7. The Labute approximate surface area is 146 Å². The normalized spacial score (nSPS) is 18.0. The van der Waals surface area contributed by atoms with Crippen molar-refractivity contribution in [1.82, 2.24) is 14.5 Å².